The zero-order chi connectivity index (χ0) is 7.56. The lowest BCUT2D eigenvalue weighted by molar-refractivity contribution is -0.126. The number of hydrogen-bond donors (Lipinski definition) is 0. The fraction of sp³-hybridized carbons (Fsp3) is 0.625. The molecule has 0 heterocycles. The Labute approximate surface area is 60.6 Å². The SMILES string of the molecule is CCC1CC(=O)[CH]C(=O)C1. The first kappa shape index (κ1) is 7.45. The van der Waals surface area contributed by atoms with Crippen LogP contribution in [0.4, 0.5) is 0 Å². The number of carbonyl (C=O) groups excluding carboxylic acids is 2. The van der Waals surface area contributed by atoms with Crippen LogP contribution in [0.3, 0.4) is 0 Å². The van der Waals surface area contributed by atoms with Crippen LogP contribution in [0.25, 0.3) is 0 Å². The van der Waals surface area contributed by atoms with Crippen molar-refractivity contribution in [2.45, 2.75) is 26.2 Å². The lowest BCUT2D eigenvalue weighted by atomic mass is 9.86. The molecule has 0 saturated heterocycles. The fourth-order valence-corrected chi connectivity index (χ4v) is 1.23. The van der Waals surface area contributed by atoms with Crippen LogP contribution in [0.5, 0.6) is 0 Å². The maximum absolute atomic E-state index is 10.8. The van der Waals surface area contributed by atoms with Crippen LogP contribution >= 0.6 is 0 Å². The van der Waals surface area contributed by atoms with Gasteiger partial charge >= 0.3 is 0 Å². The van der Waals surface area contributed by atoms with Gasteiger partial charge in [0.05, 0.1) is 6.42 Å². The van der Waals surface area contributed by atoms with E-state index in [4.69, 9.17) is 0 Å². The molecular formula is C8H11O2. The van der Waals surface area contributed by atoms with Crippen molar-refractivity contribution in [1.82, 2.24) is 0 Å². The number of hydrogen-bond acceptors (Lipinski definition) is 2. The van der Waals surface area contributed by atoms with Crippen molar-refractivity contribution in [2.75, 3.05) is 0 Å². The van der Waals surface area contributed by atoms with E-state index in [1.54, 1.807) is 0 Å². The van der Waals surface area contributed by atoms with Gasteiger partial charge in [-0.25, -0.2) is 0 Å². The molecule has 1 saturated carbocycles. The Kier molecular flexibility index (Phi) is 2.20. The Balaban J connectivity index is 2.50. The van der Waals surface area contributed by atoms with Gasteiger partial charge in [0.25, 0.3) is 0 Å². The highest BCUT2D eigenvalue weighted by Gasteiger charge is 2.23. The highest BCUT2D eigenvalue weighted by molar-refractivity contribution is 6.12. The highest BCUT2D eigenvalue weighted by atomic mass is 16.1. The van der Waals surface area contributed by atoms with E-state index in [-0.39, 0.29) is 11.6 Å². The molecule has 0 aromatic rings. The Morgan fingerprint density at radius 3 is 2.30 bits per heavy atom. The van der Waals surface area contributed by atoms with Gasteiger partial charge in [0.15, 0.2) is 0 Å². The second-order valence-corrected chi connectivity index (χ2v) is 2.76. The summed E-state index contributed by atoms with van der Waals surface area (Å²) in [5.74, 6) is 0.316. The van der Waals surface area contributed by atoms with Crippen LogP contribution < -0.4 is 0 Å². The summed E-state index contributed by atoms with van der Waals surface area (Å²) in [6.07, 6.45) is 3.31. The molecule has 0 aromatic heterocycles. The van der Waals surface area contributed by atoms with Gasteiger partial charge in [-0.2, -0.15) is 0 Å². The molecular weight excluding hydrogens is 128 g/mol. The molecule has 0 unspecified atom stereocenters. The first-order valence-corrected chi connectivity index (χ1v) is 3.62. The fourth-order valence-electron chi connectivity index (χ4n) is 1.23. The molecule has 0 atom stereocenters. The van der Waals surface area contributed by atoms with Gasteiger partial charge in [0.2, 0.25) is 0 Å². The molecule has 1 aliphatic rings. The Morgan fingerprint density at radius 1 is 1.40 bits per heavy atom. The summed E-state index contributed by atoms with van der Waals surface area (Å²) in [7, 11) is 0. The molecule has 1 rings (SSSR count). The van der Waals surface area contributed by atoms with Gasteiger partial charge in [-0.15, -0.1) is 0 Å². The van der Waals surface area contributed by atoms with Gasteiger partial charge in [-0.3, -0.25) is 9.59 Å². The normalized spacial score (nSPS) is 21.7. The minimum atomic E-state index is 0.00287. The summed E-state index contributed by atoms with van der Waals surface area (Å²) in [6, 6.07) is 0. The topological polar surface area (TPSA) is 34.1 Å². The number of rotatable bonds is 1. The predicted molar refractivity (Wildman–Crippen MR) is 37.3 cm³/mol. The minimum absolute atomic E-state index is 0.00287. The van der Waals surface area contributed by atoms with E-state index >= 15 is 0 Å². The molecule has 2 heteroatoms. The van der Waals surface area contributed by atoms with Crippen molar-refractivity contribution in [1.29, 1.82) is 0 Å². The number of carbonyl (C=O) groups is 2. The maximum atomic E-state index is 10.8. The monoisotopic (exact) mass is 139 g/mol. The van der Waals surface area contributed by atoms with E-state index in [1.807, 2.05) is 6.92 Å². The van der Waals surface area contributed by atoms with E-state index in [1.165, 1.54) is 6.42 Å². The summed E-state index contributed by atoms with van der Waals surface area (Å²) in [5, 5.41) is 0. The predicted octanol–water partition coefficient (Wildman–Crippen LogP) is 1.15. The molecule has 0 bridgehead atoms. The third-order valence-corrected chi connectivity index (χ3v) is 1.88. The molecule has 10 heavy (non-hydrogen) atoms. The van der Waals surface area contributed by atoms with Crippen molar-refractivity contribution in [2.24, 2.45) is 5.92 Å². The van der Waals surface area contributed by atoms with Gasteiger partial charge in [-0.1, -0.05) is 13.3 Å². The molecule has 2 nitrogen and oxygen atoms in total. The third-order valence-electron chi connectivity index (χ3n) is 1.88. The first-order valence-electron chi connectivity index (χ1n) is 3.62. The molecule has 0 aliphatic heterocycles. The van der Waals surface area contributed by atoms with Crippen molar-refractivity contribution in [3.8, 4) is 0 Å². The lowest BCUT2D eigenvalue weighted by Crippen LogP contribution is -2.22. The zero-order valence-corrected chi connectivity index (χ0v) is 6.09. The van der Waals surface area contributed by atoms with E-state index in [9.17, 15) is 9.59 Å². The van der Waals surface area contributed by atoms with E-state index in [2.05, 4.69) is 0 Å². The maximum Gasteiger partial charge on any atom is 0.144 e. The van der Waals surface area contributed by atoms with Crippen LogP contribution in [-0.4, -0.2) is 11.6 Å². The summed E-state index contributed by atoms with van der Waals surface area (Å²) >= 11 is 0. The smallest absolute Gasteiger partial charge is 0.144 e. The third kappa shape index (κ3) is 1.66. The summed E-state index contributed by atoms with van der Waals surface area (Å²) < 4.78 is 0. The second kappa shape index (κ2) is 2.95. The van der Waals surface area contributed by atoms with Crippen LogP contribution in [-0.2, 0) is 9.59 Å². The van der Waals surface area contributed by atoms with Crippen LogP contribution in [0.1, 0.15) is 26.2 Å². The average molecular weight is 139 g/mol. The number of ketones is 2. The molecule has 0 aromatic carbocycles. The molecule has 0 amide bonds. The largest absolute Gasteiger partial charge is 0.299 e. The summed E-state index contributed by atoms with van der Waals surface area (Å²) in [6.45, 7) is 2.01. The Hall–Kier alpha value is -0.660. The Morgan fingerprint density at radius 2 is 1.90 bits per heavy atom. The van der Waals surface area contributed by atoms with E-state index in [0.717, 1.165) is 6.42 Å². The van der Waals surface area contributed by atoms with Crippen LogP contribution in [0.2, 0.25) is 0 Å². The van der Waals surface area contributed by atoms with Crippen LogP contribution in [0, 0.1) is 12.3 Å². The van der Waals surface area contributed by atoms with Gasteiger partial charge in [0.1, 0.15) is 11.6 Å². The van der Waals surface area contributed by atoms with Crippen molar-refractivity contribution < 1.29 is 9.59 Å². The lowest BCUT2D eigenvalue weighted by Gasteiger charge is -2.16. The minimum Gasteiger partial charge on any atom is -0.299 e. The van der Waals surface area contributed by atoms with Gasteiger partial charge in [0, 0.05) is 12.8 Å². The van der Waals surface area contributed by atoms with Crippen molar-refractivity contribution >= 4 is 11.6 Å². The highest BCUT2D eigenvalue weighted by Crippen LogP contribution is 2.20. The molecule has 1 radical (unpaired) electrons. The summed E-state index contributed by atoms with van der Waals surface area (Å²) in [4.78, 5) is 21.5. The second-order valence-electron chi connectivity index (χ2n) is 2.76. The molecule has 0 N–H and O–H groups in total. The quantitative estimate of drug-likeness (QED) is 0.546. The first-order chi connectivity index (χ1) is 4.72. The van der Waals surface area contributed by atoms with Gasteiger partial charge in [-0.05, 0) is 5.92 Å². The molecule has 0 spiro atoms. The van der Waals surface area contributed by atoms with E-state index < -0.39 is 0 Å². The Bertz CT molecular complexity index is 145. The van der Waals surface area contributed by atoms with Gasteiger partial charge < -0.3 is 0 Å². The van der Waals surface area contributed by atoms with Crippen molar-refractivity contribution in [3.63, 3.8) is 0 Å². The number of Topliss-reactive ketones (excluding diaryl/α,β-unsaturated/α-hetero) is 2. The standard InChI is InChI=1S/C8H11O2/c1-2-6-3-7(9)5-8(10)4-6/h5-6H,2-4H2,1H3. The van der Waals surface area contributed by atoms with Crippen LogP contribution in [0.15, 0.2) is 0 Å². The molecule has 55 valence electrons. The summed E-state index contributed by atoms with van der Waals surface area (Å²) in [5.41, 5.74) is 0. The molecule has 1 aliphatic carbocycles. The zero-order valence-electron chi connectivity index (χ0n) is 6.09. The average Bonchev–Trinajstić information content (AvgIpc) is 1.85. The molecule has 1 fully saturated rings. The van der Waals surface area contributed by atoms with E-state index in [0.29, 0.717) is 18.8 Å². The van der Waals surface area contributed by atoms with Crippen molar-refractivity contribution in [3.05, 3.63) is 6.42 Å².